The van der Waals surface area contributed by atoms with Crippen LogP contribution in [0.3, 0.4) is 0 Å². The molecule has 2 nitrogen and oxygen atoms in total. The molecule has 0 unspecified atom stereocenters. The Kier molecular flexibility index (Phi) is 13.8. The maximum absolute atomic E-state index is 10.3. The van der Waals surface area contributed by atoms with Crippen molar-refractivity contribution in [2.24, 2.45) is 0 Å². The zero-order valence-corrected chi connectivity index (χ0v) is 12.4. The van der Waals surface area contributed by atoms with E-state index in [2.05, 4.69) is 12.2 Å². The third-order valence-electron chi connectivity index (χ3n) is 2.62. The molecule has 0 fully saturated rings. The molecule has 0 saturated carbocycles. The lowest BCUT2D eigenvalue weighted by Crippen LogP contribution is -1.93. The van der Waals surface area contributed by atoms with E-state index in [0.717, 1.165) is 32.1 Å². The normalized spacial score (nSPS) is 12.8. The van der Waals surface area contributed by atoms with Crippen LogP contribution in [0.15, 0.2) is 60.8 Å². The highest BCUT2D eigenvalue weighted by atomic mass is 16.4. The van der Waals surface area contributed by atoms with Gasteiger partial charge in [-0.15, -0.1) is 0 Å². The number of allylic oxidation sites excluding steroid dienone is 10. The Morgan fingerprint density at radius 3 is 1.95 bits per heavy atom. The SMILES string of the molecule is CC=CC=CC=CC=CC=CCCCCCCC(=O)O. The van der Waals surface area contributed by atoms with E-state index in [9.17, 15) is 4.79 Å². The van der Waals surface area contributed by atoms with E-state index in [-0.39, 0.29) is 0 Å². The number of unbranched alkanes of at least 4 members (excludes halogenated alkanes) is 4. The van der Waals surface area contributed by atoms with Crippen molar-refractivity contribution in [2.75, 3.05) is 0 Å². The first kappa shape index (κ1) is 18.2. The van der Waals surface area contributed by atoms with Gasteiger partial charge in [-0.3, -0.25) is 4.79 Å². The van der Waals surface area contributed by atoms with Crippen LogP contribution in [-0.2, 0) is 4.79 Å². The van der Waals surface area contributed by atoms with Gasteiger partial charge < -0.3 is 5.11 Å². The highest BCUT2D eigenvalue weighted by molar-refractivity contribution is 5.66. The molecule has 0 saturated heterocycles. The molecular formula is C18H26O2. The molecule has 0 aliphatic carbocycles. The van der Waals surface area contributed by atoms with Crippen molar-refractivity contribution in [1.29, 1.82) is 0 Å². The Morgan fingerprint density at radius 2 is 1.35 bits per heavy atom. The lowest BCUT2D eigenvalue weighted by molar-refractivity contribution is -0.137. The minimum absolute atomic E-state index is 0.299. The van der Waals surface area contributed by atoms with Gasteiger partial charge in [-0.25, -0.2) is 0 Å². The largest absolute Gasteiger partial charge is 0.481 e. The van der Waals surface area contributed by atoms with Crippen molar-refractivity contribution < 1.29 is 9.90 Å². The van der Waals surface area contributed by atoms with E-state index in [1.54, 1.807) is 0 Å². The molecule has 0 aromatic carbocycles. The predicted molar refractivity (Wildman–Crippen MR) is 86.7 cm³/mol. The predicted octanol–water partition coefficient (Wildman–Crippen LogP) is 5.21. The van der Waals surface area contributed by atoms with Crippen LogP contribution in [0, 0.1) is 0 Å². The highest BCUT2D eigenvalue weighted by Gasteiger charge is 1.95. The van der Waals surface area contributed by atoms with Crippen molar-refractivity contribution in [1.82, 2.24) is 0 Å². The highest BCUT2D eigenvalue weighted by Crippen LogP contribution is 2.05. The summed E-state index contributed by atoms with van der Waals surface area (Å²) in [5.41, 5.74) is 0. The van der Waals surface area contributed by atoms with Gasteiger partial charge in [0.2, 0.25) is 0 Å². The summed E-state index contributed by atoms with van der Waals surface area (Å²) in [5.74, 6) is -0.691. The summed E-state index contributed by atoms with van der Waals surface area (Å²) in [6, 6.07) is 0. The molecular weight excluding hydrogens is 248 g/mol. The number of carboxylic acids is 1. The lowest BCUT2D eigenvalue weighted by atomic mass is 10.1. The number of rotatable bonds is 11. The molecule has 0 spiro atoms. The van der Waals surface area contributed by atoms with Crippen molar-refractivity contribution in [3.8, 4) is 0 Å². The Hall–Kier alpha value is -1.83. The molecule has 0 aliphatic heterocycles. The number of hydrogen-bond donors (Lipinski definition) is 1. The lowest BCUT2D eigenvalue weighted by Gasteiger charge is -1.96. The fourth-order valence-corrected chi connectivity index (χ4v) is 1.56. The Morgan fingerprint density at radius 1 is 0.800 bits per heavy atom. The van der Waals surface area contributed by atoms with E-state index in [1.807, 2.05) is 55.5 Å². The molecule has 0 atom stereocenters. The summed E-state index contributed by atoms with van der Waals surface area (Å²) in [4.78, 5) is 10.3. The fourth-order valence-electron chi connectivity index (χ4n) is 1.56. The van der Waals surface area contributed by atoms with Crippen LogP contribution in [-0.4, -0.2) is 11.1 Å². The maximum atomic E-state index is 10.3. The van der Waals surface area contributed by atoms with Crippen LogP contribution in [0.2, 0.25) is 0 Å². The fraction of sp³-hybridized carbons (Fsp3) is 0.389. The van der Waals surface area contributed by atoms with E-state index in [4.69, 9.17) is 5.11 Å². The number of carbonyl (C=O) groups is 1. The zero-order valence-electron chi connectivity index (χ0n) is 12.4. The van der Waals surface area contributed by atoms with Gasteiger partial charge in [-0.1, -0.05) is 73.6 Å². The first-order chi connectivity index (χ1) is 9.77. The minimum Gasteiger partial charge on any atom is -0.481 e. The zero-order chi connectivity index (χ0) is 14.9. The second-order valence-corrected chi connectivity index (χ2v) is 4.46. The number of aliphatic carboxylic acids is 1. The monoisotopic (exact) mass is 274 g/mol. The van der Waals surface area contributed by atoms with Gasteiger partial charge in [0.15, 0.2) is 0 Å². The van der Waals surface area contributed by atoms with Crippen LogP contribution in [0.1, 0.15) is 45.4 Å². The van der Waals surface area contributed by atoms with Gasteiger partial charge >= 0.3 is 5.97 Å². The first-order valence-corrected chi connectivity index (χ1v) is 7.27. The summed E-state index contributed by atoms with van der Waals surface area (Å²) >= 11 is 0. The molecule has 0 heterocycles. The molecule has 1 N–H and O–H groups in total. The van der Waals surface area contributed by atoms with Crippen LogP contribution < -0.4 is 0 Å². The summed E-state index contributed by atoms with van der Waals surface area (Å²) < 4.78 is 0. The molecule has 0 bridgehead atoms. The van der Waals surface area contributed by atoms with Gasteiger partial charge in [0.1, 0.15) is 0 Å². The van der Waals surface area contributed by atoms with E-state index in [0.29, 0.717) is 6.42 Å². The van der Waals surface area contributed by atoms with Gasteiger partial charge in [0.05, 0.1) is 0 Å². The standard InChI is InChI=1S/C18H26O2/c1-2-3-4-5-6-7-8-9-10-11-12-13-14-15-16-17-18(19)20/h2-11H,12-17H2,1H3,(H,19,20). The average Bonchev–Trinajstić information content (AvgIpc) is 2.43. The van der Waals surface area contributed by atoms with Crippen molar-refractivity contribution in [3.63, 3.8) is 0 Å². The molecule has 0 aliphatic rings. The van der Waals surface area contributed by atoms with Crippen LogP contribution >= 0.6 is 0 Å². The molecule has 0 aromatic heterocycles. The molecule has 2 heteroatoms. The molecule has 0 radical (unpaired) electrons. The third-order valence-corrected chi connectivity index (χ3v) is 2.62. The van der Waals surface area contributed by atoms with E-state index in [1.165, 1.54) is 0 Å². The number of carboxylic acid groups (broad SMARTS) is 1. The second-order valence-electron chi connectivity index (χ2n) is 4.46. The molecule has 0 rings (SSSR count). The van der Waals surface area contributed by atoms with Crippen molar-refractivity contribution in [2.45, 2.75) is 45.4 Å². The smallest absolute Gasteiger partial charge is 0.303 e. The minimum atomic E-state index is -0.691. The second kappa shape index (κ2) is 15.2. The van der Waals surface area contributed by atoms with Crippen LogP contribution in [0.5, 0.6) is 0 Å². The van der Waals surface area contributed by atoms with Crippen molar-refractivity contribution >= 4 is 5.97 Å². The Bertz CT molecular complexity index is 371. The summed E-state index contributed by atoms with van der Waals surface area (Å²) in [7, 11) is 0. The molecule has 0 amide bonds. The molecule has 0 aromatic rings. The quantitative estimate of drug-likeness (QED) is 0.414. The number of hydrogen-bond acceptors (Lipinski definition) is 1. The van der Waals surface area contributed by atoms with Crippen LogP contribution in [0.25, 0.3) is 0 Å². The van der Waals surface area contributed by atoms with E-state index < -0.39 is 5.97 Å². The Labute approximate surface area is 122 Å². The first-order valence-electron chi connectivity index (χ1n) is 7.27. The topological polar surface area (TPSA) is 37.3 Å². The van der Waals surface area contributed by atoms with Gasteiger partial charge in [0.25, 0.3) is 0 Å². The summed E-state index contributed by atoms with van der Waals surface area (Å²) in [6.07, 6.45) is 25.6. The van der Waals surface area contributed by atoms with Crippen LogP contribution in [0.4, 0.5) is 0 Å². The Balaban J connectivity index is 3.45. The van der Waals surface area contributed by atoms with Gasteiger partial charge in [-0.2, -0.15) is 0 Å². The van der Waals surface area contributed by atoms with E-state index >= 15 is 0 Å². The summed E-state index contributed by atoms with van der Waals surface area (Å²) in [5, 5.41) is 8.49. The summed E-state index contributed by atoms with van der Waals surface area (Å²) in [6.45, 7) is 1.99. The maximum Gasteiger partial charge on any atom is 0.303 e. The average molecular weight is 274 g/mol. The molecule has 20 heavy (non-hydrogen) atoms. The third kappa shape index (κ3) is 16.2. The van der Waals surface area contributed by atoms with Gasteiger partial charge in [-0.05, 0) is 26.2 Å². The van der Waals surface area contributed by atoms with Gasteiger partial charge in [0, 0.05) is 6.42 Å². The van der Waals surface area contributed by atoms with Crippen molar-refractivity contribution in [3.05, 3.63) is 60.8 Å². The molecule has 110 valence electrons.